The fraction of sp³-hybridized carbons (Fsp3) is 0.120. The van der Waals surface area contributed by atoms with Gasteiger partial charge in [-0.3, -0.25) is 0 Å². The molecule has 4 aromatic rings. The van der Waals surface area contributed by atoms with Crippen molar-refractivity contribution >= 4 is 46.1 Å². The average Bonchev–Trinajstić information content (AvgIpc) is 2.74. The van der Waals surface area contributed by atoms with Crippen molar-refractivity contribution < 1.29 is 0 Å². The normalized spacial score (nSPS) is 14.9. The van der Waals surface area contributed by atoms with E-state index in [2.05, 4.69) is 97.1 Å². The van der Waals surface area contributed by atoms with Crippen molar-refractivity contribution in [3.8, 4) is 0 Å². The van der Waals surface area contributed by atoms with E-state index < -0.39 is 0 Å². The van der Waals surface area contributed by atoms with Crippen LogP contribution >= 0.6 is 35.3 Å². The molecule has 0 saturated heterocycles. The molecule has 0 radical (unpaired) electrons. The topological polar surface area (TPSA) is 0 Å². The minimum atomic E-state index is 0.0276. The first-order chi connectivity index (χ1) is 13.8. The van der Waals surface area contributed by atoms with E-state index in [-0.39, 0.29) is 3.41 Å². The van der Waals surface area contributed by atoms with E-state index in [1.807, 2.05) is 35.3 Å². The van der Waals surface area contributed by atoms with Gasteiger partial charge < -0.3 is 0 Å². The van der Waals surface area contributed by atoms with E-state index in [0.29, 0.717) is 0 Å². The first kappa shape index (κ1) is 18.2. The van der Waals surface area contributed by atoms with Crippen LogP contribution in [-0.2, 0) is 6.42 Å². The molecule has 1 aliphatic heterocycles. The highest BCUT2D eigenvalue weighted by molar-refractivity contribution is 8.34. The summed E-state index contributed by atoms with van der Waals surface area (Å²) in [5, 5.41) is 2.76. The lowest BCUT2D eigenvalue weighted by Crippen LogP contribution is -2.19. The Bertz CT molecular complexity index is 1050. The van der Waals surface area contributed by atoms with Gasteiger partial charge in [0.1, 0.15) is 3.41 Å². The molecule has 1 aliphatic rings. The van der Waals surface area contributed by atoms with Gasteiger partial charge in [-0.25, -0.2) is 0 Å². The van der Waals surface area contributed by atoms with Gasteiger partial charge in [0.05, 0.1) is 0 Å². The molecule has 0 fully saturated rings. The molecule has 0 N–H and O–H groups in total. The van der Waals surface area contributed by atoms with Crippen LogP contribution in [0.25, 0.3) is 10.8 Å². The number of hydrogen-bond donors (Lipinski definition) is 0. The second kappa shape index (κ2) is 7.90. The predicted octanol–water partition coefficient (Wildman–Crippen LogP) is 8.12. The lowest BCUT2D eigenvalue weighted by molar-refractivity contribution is 0.870. The summed E-state index contributed by atoms with van der Waals surface area (Å²) in [6, 6.07) is 35.1. The molecule has 0 aromatic heterocycles. The Hall–Kier alpha value is -1.81. The van der Waals surface area contributed by atoms with Crippen LogP contribution in [0, 0.1) is 0 Å². The van der Waals surface area contributed by atoms with Crippen LogP contribution in [-0.4, -0.2) is 3.41 Å². The van der Waals surface area contributed by atoms with E-state index in [9.17, 15) is 0 Å². The molecule has 0 saturated carbocycles. The molecule has 0 unspecified atom stereocenters. The van der Waals surface area contributed by atoms with Crippen LogP contribution in [0.3, 0.4) is 0 Å². The Balaban J connectivity index is 1.53. The van der Waals surface area contributed by atoms with E-state index in [1.54, 1.807) is 0 Å². The maximum atomic E-state index is 2.29. The number of rotatable bonds is 5. The van der Waals surface area contributed by atoms with Crippen LogP contribution in [0.15, 0.2) is 112 Å². The zero-order valence-corrected chi connectivity index (χ0v) is 17.8. The molecule has 0 spiro atoms. The molecular formula is C25H20S3. The molecule has 1 heterocycles. The van der Waals surface area contributed by atoms with Crippen molar-refractivity contribution in [2.24, 2.45) is 0 Å². The number of thioether (sulfide) groups is 3. The van der Waals surface area contributed by atoms with Gasteiger partial charge in [-0.15, -0.1) is 0 Å². The molecular weight excluding hydrogens is 396 g/mol. The zero-order chi connectivity index (χ0) is 18.8. The molecule has 4 aromatic carbocycles. The van der Waals surface area contributed by atoms with Crippen LogP contribution in [0.4, 0.5) is 0 Å². The third-order valence-corrected chi connectivity index (χ3v) is 9.61. The summed E-state index contributed by atoms with van der Waals surface area (Å²) in [7, 11) is 0. The lowest BCUT2D eigenvalue weighted by Gasteiger charge is -2.36. The smallest absolute Gasteiger partial charge is 0.0966 e. The number of benzene rings is 4. The highest BCUT2D eigenvalue weighted by Gasteiger charge is 2.38. The zero-order valence-electron chi connectivity index (χ0n) is 15.4. The monoisotopic (exact) mass is 416 g/mol. The Morgan fingerprint density at radius 2 is 1.25 bits per heavy atom. The molecule has 0 nitrogen and oxygen atoms in total. The van der Waals surface area contributed by atoms with Crippen molar-refractivity contribution in [3.63, 3.8) is 0 Å². The lowest BCUT2D eigenvalue weighted by atomic mass is 10.1. The largest absolute Gasteiger partial charge is 0.120 e. The first-order valence-electron chi connectivity index (χ1n) is 9.49. The Labute approximate surface area is 179 Å². The fourth-order valence-electron chi connectivity index (χ4n) is 3.60. The van der Waals surface area contributed by atoms with Gasteiger partial charge >= 0.3 is 0 Å². The molecule has 5 rings (SSSR count). The van der Waals surface area contributed by atoms with Crippen LogP contribution in [0.2, 0.25) is 0 Å². The number of aryl methyl sites for hydroxylation is 1. The molecule has 0 atom stereocenters. The third-order valence-electron chi connectivity index (χ3n) is 4.94. The molecule has 0 amide bonds. The van der Waals surface area contributed by atoms with Gasteiger partial charge in [-0.2, -0.15) is 0 Å². The highest BCUT2D eigenvalue weighted by atomic mass is 32.3. The molecule has 3 heteroatoms. The van der Waals surface area contributed by atoms with Gasteiger partial charge in [-0.1, -0.05) is 108 Å². The summed E-state index contributed by atoms with van der Waals surface area (Å²) in [4.78, 5) is 4.15. The summed E-state index contributed by atoms with van der Waals surface area (Å²) >= 11 is 6.08. The Kier molecular flexibility index (Phi) is 5.15. The van der Waals surface area contributed by atoms with Gasteiger partial charge in [0.15, 0.2) is 0 Å². The summed E-state index contributed by atoms with van der Waals surface area (Å²) in [5.74, 6) is 0. The third kappa shape index (κ3) is 3.71. The van der Waals surface area contributed by atoms with Gasteiger partial charge in [0, 0.05) is 20.1 Å². The molecule has 28 heavy (non-hydrogen) atoms. The van der Waals surface area contributed by atoms with E-state index in [1.165, 1.54) is 31.0 Å². The van der Waals surface area contributed by atoms with Crippen LogP contribution in [0.5, 0.6) is 0 Å². The second-order valence-corrected chi connectivity index (χ2v) is 11.7. The van der Waals surface area contributed by atoms with Gasteiger partial charge in [0.25, 0.3) is 0 Å². The van der Waals surface area contributed by atoms with Gasteiger partial charge in [-0.05, 0) is 48.1 Å². The average molecular weight is 417 g/mol. The Morgan fingerprint density at radius 3 is 1.89 bits per heavy atom. The Morgan fingerprint density at radius 1 is 0.643 bits per heavy atom. The van der Waals surface area contributed by atoms with E-state index in [4.69, 9.17) is 0 Å². The van der Waals surface area contributed by atoms with Crippen LogP contribution in [0.1, 0.15) is 12.0 Å². The quantitative estimate of drug-likeness (QED) is 0.322. The summed E-state index contributed by atoms with van der Waals surface area (Å²) in [6.07, 6.45) is 2.19. The number of hydrogen-bond acceptors (Lipinski definition) is 3. The fourth-order valence-corrected chi connectivity index (χ4v) is 8.71. The maximum Gasteiger partial charge on any atom is 0.120 e. The maximum absolute atomic E-state index is 2.29. The SMILES string of the molecule is c1ccc(CCC2(Sc3ccccc3)Sc3cccc4cccc(c34)S2)cc1. The van der Waals surface area contributed by atoms with E-state index in [0.717, 1.165) is 12.8 Å². The minimum absolute atomic E-state index is 0.0276. The second-order valence-electron chi connectivity index (χ2n) is 6.90. The summed E-state index contributed by atoms with van der Waals surface area (Å²) in [6.45, 7) is 0. The molecule has 0 bridgehead atoms. The van der Waals surface area contributed by atoms with Crippen LogP contribution < -0.4 is 0 Å². The summed E-state index contributed by atoms with van der Waals surface area (Å²) < 4.78 is 0.0276. The standard InChI is InChI=1S/C25H20S3/c1-3-9-19(10-4-1)17-18-25(26-21-13-5-2-6-14-21)27-22-15-7-11-20-12-8-16-23(28-25)24(20)22/h1-16H,17-18H2. The van der Waals surface area contributed by atoms with Crippen molar-refractivity contribution in [1.82, 2.24) is 0 Å². The van der Waals surface area contributed by atoms with E-state index >= 15 is 0 Å². The highest BCUT2D eigenvalue weighted by Crippen LogP contribution is 2.62. The predicted molar refractivity (Wildman–Crippen MR) is 125 cm³/mol. The van der Waals surface area contributed by atoms with Gasteiger partial charge in [0.2, 0.25) is 0 Å². The first-order valence-corrected chi connectivity index (χ1v) is 11.9. The van der Waals surface area contributed by atoms with Crippen molar-refractivity contribution in [3.05, 3.63) is 103 Å². The molecule has 0 aliphatic carbocycles. The molecule has 138 valence electrons. The van der Waals surface area contributed by atoms with Crippen molar-refractivity contribution in [2.75, 3.05) is 0 Å². The van der Waals surface area contributed by atoms with Crippen molar-refractivity contribution in [1.29, 1.82) is 0 Å². The van der Waals surface area contributed by atoms with Crippen molar-refractivity contribution in [2.45, 2.75) is 30.9 Å². The summed E-state index contributed by atoms with van der Waals surface area (Å²) in [5.41, 5.74) is 1.41. The minimum Gasteiger partial charge on any atom is -0.0966 e.